The van der Waals surface area contributed by atoms with E-state index in [2.05, 4.69) is 66.3 Å². The number of aromatic nitrogens is 1. The van der Waals surface area contributed by atoms with Gasteiger partial charge in [0.05, 0.1) is 17.8 Å². The first-order chi connectivity index (χ1) is 18.3. The lowest BCUT2D eigenvalue weighted by Gasteiger charge is -2.42. The number of rotatable bonds is 7. The monoisotopic (exact) mass is 534 g/mol. The maximum atomic E-state index is 14.2. The Balaban J connectivity index is 1.43. The van der Waals surface area contributed by atoms with E-state index in [9.17, 15) is 9.59 Å². The SMILES string of the molecule is CN[C@@H](C)C(=O)N[C@H](C(=O)N1CCC[C@H]1c1nc(-c2ccc(C)c3ccccc23)cs1)C1(C)CCOCC1. The normalized spacial score (nSPS) is 20.8. The van der Waals surface area contributed by atoms with Crippen molar-refractivity contribution in [1.82, 2.24) is 20.5 Å². The zero-order valence-corrected chi connectivity index (χ0v) is 23.6. The van der Waals surface area contributed by atoms with Gasteiger partial charge in [0, 0.05) is 36.1 Å². The number of amides is 2. The Kier molecular flexibility index (Phi) is 7.84. The van der Waals surface area contributed by atoms with Gasteiger partial charge in [-0.05, 0) is 62.9 Å². The molecule has 0 bridgehead atoms. The number of hydrogen-bond acceptors (Lipinski definition) is 6. The van der Waals surface area contributed by atoms with Crippen LogP contribution in [0.1, 0.15) is 56.1 Å². The lowest BCUT2D eigenvalue weighted by atomic mass is 9.74. The van der Waals surface area contributed by atoms with Gasteiger partial charge in [-0.3, -0.25) is 9.59 Å². The maximum absolute atomic E-state index is 14.2. The second-order valence-corrected chi connectivity index (χ2v) is 11.8. The first-order valence-electron chi connectivity index (χ1n) is 13.6. The minimum atomic E-state index is -0.601. The first kappa shape index (κ1) is 26.8. The Morgan fingerprint density at radius 3 is 2.63 bits per heavy atom. The first-order valence-corrected chi connectivity index (χ1v) is 14.5. The number of nitrogens with one attached hydrogen (secondary N) is 2. The molecule has 3 heterocycles. The molecule has 3 atom stereocenters. The number of fused-ring (bicyclic) bond motifs is 1. The highest BCUT2D eigenvalue weighted by Gasteiger charge is 2.46. The topological polar surface area (TPSA) is 83.6 Å². The smallest absolute Gasteiger partial charge is 0.246 e. The van der Waals surface area contributed by atoms with Crippen molar-refractivity contribution in [3.05, 3.63) is 52.3 Å². The maximum Gasteiger partial charge on any atom is 0.246 e. The van der Waals surface area contributed by atoms with E-state index in [1.165, 1.54) is 16.3 Å². The molecule has 0 aliphatic carbocycles. The summed E-state index contributed by atoms with van der Waals surface area (Å²) in [5.41, 5.74) is 2.95. The van der Waals surface area contributed by atoms with Crippen molar-refractivity contribution in [1.29, 1.82) is 0 Å². The van der Waals surface area contributed by atoms with Gasteiger partial charge in [0.15, 0.2) is 0 Å². The van der Waals surface area contributed by atoms with Crippen LogP contribution in [0.25, 0.3) is 22.0 Å². The number of likely N-dealkylation sites (tertiary alicyclic amines) is 1. The van der Waals surface area contributed by atoms with E-state index in [1.807, 2.05) is 11.8 Å². The number of benzene rings is 2. The highest BCUT2D eigenvalue weighted by atomic mass is 32.1. The van der Waals surface area contributed by atoms with Gasteiger partial charge in [0.1, 0.15) is 11.0 Å². The Hall–Kier alpha value is -2.81. The molecule has 0 spiro atoms. The van der Waals surface area contributed by atoms with E-state index in [-0.39, 0.29) is 29.3 Å². The zero-order chi connectivity index (χ0) is 26.9. The Labute approximate surface area is 229 Å². The quantitative estimate of drug-likeness (QED) is 0.453. The molecule has 1 aromatic heterocycles. The van der Waals surface area contributed by atoms with Gasteiger partial charge >= 0.3 is 0 Å². The Morgan fingerprint density at radius 1 is 1.16 bits per heavy atom. The average Bonchev–Trinajstić information content (AvgIpc) is 3.61. The van der Waals surface area contributed by atoms with Crippen molar-refractivity contribution in [2.45, 2.75) is 64.6 Å². The van der Waals surface area contributed by atoms with Crippen molar-refractivity contribution in [3.63, 3.8) is 0 Å². The van der Waals surface area contributed by atoms with Crippen LogP contribution in [0.2, 0.25) is 0 Å². The third-order valence-corrected chi connectivity index (χ3v) is 9.40. The van der Waals surface area contributed by atoms with Crippen LogP contribution < -0.4 is 10.6 Å². The molecular formula is C30H38N4O3S. The minimum absolute atomic E-state index is 0.00825. The summed E-state index contributed by atoms with van der Waals surface area (Å²) in [5, 5.41) is 11.6. The van der Waals surface area contributed by atoms with Crippen LogP contribution in [0.3, 0.4) is 0 Å². The fourth-order valence-corrected chi connectivity index (χ4v) is 6.71. The second-order valence-electron chi connectivity index (χ2n) is 11.0. The molecule has 2 aliphatic heterocycles. The molecule has 2 saturated heterocycles. The van der Waals surface area contributed by atoms with Crippen LogP contribution in [0, 0.1) is 12.3 Å². The third kappa shape index (κ3) is 5.09. The summed E-state index contributed by atoms with van der Waals surface area (Å²) in [6.07, 6.45) is 3.27. The van der Waals surface area contributed by atoms with E-state index >= 15 is 0 Å². The molecule has 8 heteroatoms. The number of carbonyl (C=O) groups is 2. The molecule has 3 aromatic rings. The average molecular weight is 535 g/mol. The number of hydrogen-bond donors (Lipinski definition) is 2. The van der Waals surface area contributed by atoms with Crippen LogP contribution in [0.5, 0.6) is 0 Å². The number of thiazole rings is 1. The number of carbonyl (C=O) groups excluding carboxylic acids is 2. The second kappa shape index (κ2) is 11.1. The lowest BCUT2D eigenvalue weighted by Crippen LogP contribution is -2.59. The van der Waals surface area contributed by atoms with Gasteiger partial charge in [0.2, 0.25) is 11.8 Å². The van der Waals surface area contributed by atoms with Crippen LogP contribution in [-0.2, 0) is 14.3 Å². The largest absolute Gasteiger partial charge is 0.381 e. The highest BCUT2D eigenvalue weighted by molar-refractivity contribution is 7.10. The van der Waals surface area contributed by atoms with Crippen LogP contribution in [0.15, 0.2) is 41.8 Å². The van der Waals surface area contributed by atoms with Crippen LogP contribution in [0.4, 0.5) is 0 Å². The standard InChI is InChI=1S/C30H38N4O3S/c1-19-11-12-23(22-9-6-5-8-21(19)22)24-18-38-28(32-24)25-10-7-15-34(25)29(36)26(33-27(35)20(2)31-4)30(3)13-16-37-17-14-30/h5-6,8-9,11-12,18,20,25-26,31H,7,10,13-17H2,1-4H3,(H,33,35)/t20-,25-,26+/m0/s1. The fourth-order valence-electron chi connectivity index (χ4n) is 5.75. The molecule has 0 saturated carbocycles. The van der Waals surface area contributed by atoms with Crippen molar-refractivity contribution < 1.29 is 14.3 Å². The Bertz CT molecular complexity index is 1320. The number of likely N-dealkylation sites (N-methyl/N-ethyl adjacent to an activating group) is 1. The third-order valence-electron chi connectivity index (χ3n) is 8.45. The predicted molar refractivity (Wildman–Crippen MR) is 152 cm³/mol. The minimum Gasteiger partial charge on any atom is -0.381 e. The molecule has 5 rings (SSSR count). The van der Waals surface area contributed by atoms with Crippen molar-refractivity contribution in [2.75, 3.05) is 26.8 Å². The van der Waals surface area contributed by atoms with Crippen LogP contribution >= 0.6 is 11.3 Å². The molecule has 0 radical (unpaired) electrons. The van der Waals surface area contributed by atoms with Gasteiger partial charge in [-0.15, -0.1) is 11.3 Å². The number of aryl methyl sites for hydroxylation is 1. The van der Waals surface area contributed by atoms with Crippen LogP contribution in [-0.4, -0.2) is 60.6 Å². The molecule has 0 unspecified atom stereocenters. The Morgan fingerprint density at radius 2 is 1.89 bits per heavy atom. The van der Waals surface area contributed by atoms with E-state index in [4.69, 9.17) is 9.72 Å². The molecule has 38 heavy (non-hydrogen) atoms. The predicted octanol–water partition coefficient (Wildman–Crippen LogP) is 4.84. The summed E-state index contributed by atoms with van der Waals surface area (Å²) in [6.45, 7) is 7.92. The van der Waals surface area contributed by atoms with E-state index in [0.717, 1.165) is 41.9 Å². The summed E-state index contributed by atoms with van der Waals surface area (Å²) in [7, 11) is 1.76. The summed E-state index contributed by atoms with van der Waals surface area (Å²) in [6, 6.07) is 11.7. The van der Waals surface area contributed by atoms with Gasteiger partial charge in [-0.25, -0.2) is 4.98 Å². The van der Waals surface area contributed by atoms with Gasteiger partial charge in [-0.2, -0.15) is 0 Å². The molecule has 2 fully saturated rings. The molecule has 2 aliphatic rings. The molecule has 2 amide bonds. The fraction of sp³-hybridized carbons (Fsp3) is 0.500. The number of ether oxygens (including phenoxy) is 1. The van der Waals surface area contributed by atoms with Gasteiger partial charge in [0.25, 0.3) is 0 Å². The van der Waals surface area contributed by atoms with Crippen molar-refractivity contribution >= 4 is 33.9 Å². The lowest BCUT2D eigenvalue weighted by molar-refractivity contribution is -0.143. The molecular weight excluding hydrogens is 496 g/mol. The van der Waals surface area contributed by atoms with E-state index in [0.29, 0.717) is 19.8 Å². The van der Waals surface area contributed by atoms with Crippen molar-refractivity contribution in [3.8, 4) is 11.3 Å². The van der Waals surface area contributed by atoms with Crippen molar-refractivity contribution in [2.24, 2.45) is 5.41 Å². The summed E-state index contributed by atoms with van der Waals surface area (Å²) >= 11 is 1.62. The van der Waals surface area contributed by atoms with E-state index < -0.39 is 6.04 Å². The summed E-state index contributed by atoms with van der Waals surface area (Å²) in [5.74, 6) is -0.164. The van der Waals surface area contributed by atoms with Gasteiger partial charge < -0.3 is 20.3 Å². The zero-order valence-electron chi connectivity index (χ0n) is 22.8. The molecule has 2 aromatic carbocycles. The molecule has 2 N–H and O–H groups in total. The summed E-state index contributed by atoms with van der Waals surface area (Å²) < 4.78 is 5.61. The molecule has 7 nitrogen and oxygen atoms in total. The number of nitrogens with zero attached hydrogens (tertiary/aromatic N) is 2. The summed E-state index contributed by atoms with van der Waals surface area (Å²) in [4.78, 5) is 34.2. The highest BCUT2D eigenvalue weighted by Crippen LogP contribution is 2.40. The van der Waals surface area contributed by atoms with E-state index in [1.54, 1.807) is 18.4 Å². The van der Waals surface area contributed by atoms with Gasteiger partial charge in [-0.1, -0.05) is 43.3 Å². The molecule has 202 valence electrons.